The Kier molecular flexibility index (Phi) is 65.5. The summed E-state index contributed by atoms with van der Waals surface area (Å²) in [5.41, 5.74) is 0. The molecule has 6 atom stereocenters. The average molecular weight is 1380 g/mol. The predicted octanol–water partition coefficient (Wildman–Crippen LogP) is 21.9. The van der Waals surface area contributed by atoms with Gasteiger partial charge in [0.1, 0.15) is 19.3 Å². The lowest BCUT2D eigenvalue weighted by Crippen LogP contribution is -2.30. The normalized spacial score (nSPS) is 14.3. The Balaban J connectivity index is 5.15. The van der Waals surface area contributed by atoms with E-state index >= 15 is 0 Å². The molecule has 0 amide bonds. The molecule has 19 heteroatoms. The van der Waals surface area contributed by atoms with Crippen molar-refractivity contribution >= 4 is 39.5 Å². The number of phosphoric ester groups is 2. The molecule has 0 aromatic carbocycles. The van der Waals surface area contributed by atoms with Crippen molar-refractivity contribution in [1.82, 2.24) is 0 Å². The molecule has 0 saturated heterocycles. The zero-order valence-electron chi connectivity index (χ0n) is 61.3. The fourth-order valence-electron chi connectivity index (χ4n) is 11.4. The molecule has 94 heavy (non-hydrogen) atoms. The second kappa shape index (κ2) is 66.9. The molecule has 0 bridgehead atoms. The van der Waals surface area contributed by atoms with E-state index in [2.05, 4.69) is 41.5 Å². The number of esters is 4. The highest BCUT2D eigenvalue weighted by Crippen LogP contribution is 2.45. The van der Waals surface area contributed by atoms with Crippen molar-refractivity contribution in [3.05, 3.63) is 0 Å². The third kappa shape index (κ3) is 67.3. The highest BCUT2D eigenvalue weighted by atomic mass is 31.2. The molecule has 0 spiro atoms. The Morgan fingerprint density at radius 3 is 0.809 bits per heavy atom. The maximum atomic E-state index is 13.1. The summed E-state index contributed by atoms with van der Waals surface area (Å²) in [5.74, 6) is -0.474. The van der Waals surface area contributed by atoms with Gasteiger partial charge in [-0.2, -0.15) is 0 Å². The first-order chi connectivity index (χ1) is 45.4. The highest BCUT2D eigenvalue weighted by molar-refractivity contribution is 7.47. The third-order valence-electron chi connectivity index (χ3n) is 17.8. The van der Waals surface area contributed by atoms with Crippen LogP contribution in [0.1, 0.15) is 388 Å². The summed E-state index contributed by atoms with van der Waals surface area (Å²) in [6.07, 6.45) is 54.4. The second-order valence-electron chi connectivity index (χ2n) is 27.8. The Bertz CT molecular complexity index is 1820. The molecule has 0 aliphatic carbocycles. The molecule has 0 aromatic rings. The van der Waals surface area contributed by atoms with Gasteiger partial charge in [-0.05, 0) is 37.5 Å². The van der Waals surface area contributed by atoms with Gasteiger partial charge in [0, 0.05) is 25.7 Å². The van der Waals surface area contributed by atoms with Crippen molar-refractivity contribution in [3.63, 3.8) is 0 Å². The number of rotatable bonds is 74. The van der Waals surface area contributed by atoms with Crippen LogP contribution in [0.2, 0.25) is 0 Å². The number of phosphoric acid groups is 2. The van der Waals surface area contributed by atoms with E-state index < -0.39 is 97.5 Å². The number of aliphatic hydroxyl groups is 1. The minimum atomic E-state index is -4.95. The fourth-order valence-corrected chi connectivity index (χ4v) is 13.0. The van der Waals surface area contributed by atoms with Crippen molar-refractivity contribution in [1.29, 1.82) is 0 Å². The lowest BCUT2D eigenvalue weighted by atomic mass is 9.99. The summed E-state index contributed by atoms with van der Waals surface area (Å²) in [4.78, 5) is 72.5. The first-order valence-corrected chi connectivity index (χ1v) is 42.0. The van der Waals surface area contributed by atoms with E-state index in [4.69, 9.17) is 37.0 Å². The summed E-state index contributed by atoms with van der Waals surface area (Å²) in [5, 5.41) is 10.6. The van der Waals surface area contributed by atoms with E-state index in [0.717, 1.165) is 108 Å². The zero-order valence-corrected chi connectivity index (χ0v) is 63.1. The number of carbonyl (C=O) groups excluding carboxylic acids is 4. The molecular formula is C75H146O17P2. The second-order valence-corrected chi connectivity index (χ2v) is 30.7. The van der Waals surface area contributed by atoms with Gasteiger partial charge in [0.25, 0.3) is 0 Å². The van der Waals surface area contributed by atoms with Crippen LogP contribution in [0.4, 0.5) is 0 Å². The van der Waals surface area contributed by atoms with Crippen LogP contribution in [-0.4, -0.2) is 96.7 Å². The summed E-state index contributed by atoms with van der Waals surface area (Å²) >= 11 is 0. The van der Waals surface area contributed by atoms with E-state index in [1.54, 1.807) is 0 Å². The van der Waals surface area contributed by atoms with Gasteiger partial charge in [-0.15, -0.1) is 0 Å². The molecule has 0 saturated carbocycles. The van der Waals surface area contributed by atoms with E-state index in [-0.39, 0.29) is 25.7 Å². The Hall–Kier alpha value is -1.94. The number of carbonyl (C=O) groups is 4. The maximum absolute atomic E-state index is 13.1. The molecular weight excluding hydrogens is 1230 g/mol. The van der Waals surface area contributed by atoms with E-state index in [0.29, 0.717) is 25.7 Å². The molecule has 0 aliphatic heterocycles. The van der Waals surface area contributed by atoms with Gasteiger partial charge < -0.3 is 33.8 Å². The highest BCUT2D eigenvalue weighted by Gasteiger charge is 2.30. The summed E-state index contributed by atoms with van der Waals surface area (Å²) in [6, 6.07) is 0. The topological polar surface area (TPSA) is 237 Å². The summed E-state index contributed by atoms with van der Waals surface area (Å²) in [7, 11) is -9.90. The molecule has 0 aliphatic rings. The largest absolute Gasteiger partial charge is 0.472 e. The maximum Gasteiger partial charge on any atom is 0.472 e. The van der Waals surface area contributed by atoms with Crippen LogP contribution >= 0.6 is 15.6 Å². The van der Waals surface area contributed by atoms with E-state index in [1.807, 2.05) is 0 Å². The van der Waals surface area contributed by atoms with Crippen LogP contribution in [0.5, 0.6) is 0 Å². The lowest BCUT2D eigenvalue weighted by molar-refractivity contribution is -0.161. The Morgan fingerprint density at radius 1 is 0.309 bits per heavy atom. The average Bonchev–Trinajstić information content (AvgIpc) is 1.62. The van der Waals surface area contributed by atoms with Crippen LogP contribution in [0, 0.1) is 11.8 Å². The van der Waals surface area contributed by atoms with E-state index in [1.165, 1.54) is 199 Å². The van der Waals surface area contributed by atoms with Gasteiger partial charge in [-0.3, -0.25) is 37.3 Å². The van der Waals surface area contributed by atoms with Crippen LogP contribution in [0.3, 0.4) is 0 Å². The summed E-state index contributed by atoms with van der Waals surface area (Å²) < 4.78 is 68.3. The zero-order chi connectivity index (χ0) is 69.3. The van der Waals surface area contributed by atoms with Crippen LogP contribution in [0.25, 0.3) is 0 Å². The Morgan fingerprint density at radius 2 is 0.543 bits per heavy atom. The smallest absolute Gasteiger partial charge is 0.462 e. The van der Waals surface area contributed by atoms with E-state index in [9.17, 15) is 43.2 Å². The van der Waals surface area contributed by atoms with Crippen molar-refractivity contribution in [2.24, 2.45) is 11.8 Å². The molecule has 0 heterocycles. The predicted molar refractivity (Wildman–Crippen MR) is 381 cm³/mol. The van der Waals surface area contributed by atoms with Gasteiger partial charge >= 0.3 is 39.5 Å². The molecule has 3 unspecified atom stereocenters. The van der Waals surface area contributed by atoms with Crippen LogP contribution in [-0.2, 0) is 65.4 Å². The van der Waals surface area contributed by atoms with Crippen molar-refractivity contribution in [3.8, 4) is 0 Å². The molecule has 0 radical (unpaired) electrons. The first-order valence-electron chi connectivity index (χ1n) is 39.0. The SMILES string of the molecule is CCCCCCCCCCCCCCCC(=O)O[C@H](COC(=O)CCCCCCC)COP(=O)(O)OC[C@H](O)COP(=O)(O)OC[C@@H](COC(=O)CCCCCCCCCCCCCCCCC(C)CC)OC(=O)CCCCCCCCCCCCCCCCCC(C)C. The number of unbranched alkanes of at least 4 members (excludes halogenated alkanes) is 43. The van der Waals surface area contributed by atoms with Gasteiger partial charge in [-0.25, -0.2) is 9.13 Å². The number of ether oxygens (including phenoxy) is 4. The number of aliphatic hydroxyl groups excluding tert-OH is 1. The third-order valence-corrected chi connectivity index (χ3v) is 19.7. The first kappa shape index (κ1) is 92.1. The standard InChI is InChI=1S/C75H146O17P2/c1-7-10-12-14-15-16-17-23-31-36-41-47-53-59-74(79)91-70(63-85-72(77)57-51-43-13-11-8-2)65-89-93(81,82)87-61-69(76)62-88-94(83,84)90-66-71(92-75(80)60-54-48-42-37-32-27-20-18-19-24-28-33-38-44-49-55-67(4)5)64-86-73(78)58-52-46-40-35-30-26-22-21-25-29-34-39-45-50-56-68(6)9-3/h67-71,76H,7-66H2,1-6H3,(H,81,82)(H,83,84)/t68?,69-,70+,71+/m0/s1. The van der Waals surface area contributed by atoms with Crippen LogP contribution < -0.4 is 0 Å². The van der Waals surface area contributed by atoms with Crippen molar-refractivity contribution in [2.45, 2.75) is 407 Å². The quantitative estimate of drug-likeness (QED) is 0.0222. The Labute approximate surface area is 575 Å². The minimum absolute atomic E-state index is 0.107. The monoisotopic (exact) mass is 1380 g/mol. The number of hydrogen-bond acceptors (Lipinski definition) is 15. The van der Waals surface area contributed by atoms with Gasteiger partial charge in [0.05, 0.1) is 26.4 Å². The fraction of sp³-hybridized carbons (Fsp3) is 0.947. The molecule has 0 fully saturated rings. The van der Waals surface area contributed by atoms with Crippen LogP contribution in [0.15, 0.2) is 0 Å². The molecule has 0 rings (SSSR count). The molecule has 3 N–H and O–H groups in total. The minimum Gasteiger partial charge on any atom is -0.462 e. The molecule has 0 aromatic heterocycles. The molecule has 558 valence electrons. The molecule has 17 nitrogen and oxygen atoms in total. The van der Waals surface area contributed by atoms with Gasteiger partial charge in [0.15, 0.2) is 12.2 Å². The number of hydrogen-bond donors (Lipinski definition) is 3. The van der Waals surface area contributed by atoms with Crippen molar-refractivity contribution in [2.75, 3.05) is 39.6 Å². The van der Waals surface area contributed by atoms with Gasteiger partial charge in [0.2, 0.25) is 0 Å². The van der Waals surface area contributed by atoms with Gasteiger partial charge in [-0.1, -0.05) is 337 Å². The lowest BCUT2D eigenvalue weighted by Gasteiger charge is -2.21. The van der Waals surface area contributed by atoms with Crippen molar-refractivity contribution < 1.29 is 80.2 Å². The summed E-state index contributed by atoms with van der Waals surface area (Å²) in [6.45, 7) is 9.59.